The number of ether oxygens (including phenoxy) is 1. The summed E-state index contributed by atoms with van der Waals surface area (Å²) in [4.78, 5) is 11.5. The van der Waals surface area contributed by atoms with E-state index in [0.29, 0.717) is 30.7 Å². The second kappa shape index (κ2) is 7.34. The van der Waals surface area contributed by atoms with E-state index in [1.165, 1.54) is 0 Å². The van der Waals surface area contributed by atoms with Crippen LogP contribution in [0.15, 0.2) is 18.2 Å². The Kier molecular flexibility index (Phi) is 5.59. The first kappa shape index (κ1) is 20.6. The molecular weight excluding hydrogens is 376 g/mol. The number of aryl methyl sites for hydroxylation is 1. The standard InChI is InChI=1S/C19H26F3N2O2P/c1-12-7-14(9-15(8-12)19(20,21)22)13(2)26-11-18(27)6-5-17(10-23-18)4-3-16(25)24-17/h7-9,13,23H,3-6,10-11,27H2,1-2H3,(H,24,25)/t13-,17+,18+/m1/s1. The molecule has 4 nitrogen and oxygen atoms in total. The van der Waals surface area contributed by atoms with Gasteiger partial charge in [0.2, 0.25) is 5.91 Å². The van der Waals surface area contributed by atoms with Crippen LogP contribution in [-0.4, -0.2) is 29.9 Å². The minimum Gasteiger partial charge on any atom is -0.372 e. The van der Waals surface area contributed by atoms with Crippen LogP contribution in [0.5, 0.6) is 0 Å². The van der Waals surface area contributed by atoms with Crippen LogP contribution in [0.2, 0.25) is 0 Å². The molecule has 0 aromatic heterocycles. The molecule has 27 heavy (non-hydrogen) atoms. The van der Waals surface area contributed by atoms with Crippen LogP contribution in [0.3, 0.4) is 0 Å². The summed E-state index contributed by atoms with van der Waals surface area (Å²) in [5.74, 6) is 0.0952. The van der Waals surface area contributed by atoms with Crippen molar-refractivity contribution < 1.29 is 22.7 Å². The van der Waals surface area contributed by atoms with Gasteiger partial charge in [0, 0.05) is 13.0 Å². The van der Waals surface area contributed by atoms with Crippen LogP contribution in [-0.2, 0) is 15.7 Å². The lowest BCUT2D eigenvalue weighted by molar-refractivity contribution is -0.137. The zero-order chi connectivity index (χ0) is 19.9. The van der Waals surface area contributed by atoms with E-state index in [1.807, 2.05) is 0 Å². The van der Waals surface area contributed by atoms with Crippen molar-refractivity contribution in [1.29, 1.82) is 0 Å². The highest BCUT2D eigenvalue weighted by Gasteiger charge is 2.44. The summed E-state index contributed by atoms with van der Waals surface area (Å²) in [6, 6.07) is 4.03. The summed E-state index contributed by atoms with van der Waals surface area (Å²) >= 11 is 0. The number of amides is 1. The highest BCUT2D eigenvalue weighted by Crippen LogP contribution is 2.37. The van der Waals surface area contributed by atoms with E-state index in [9.17, 15) is 18.0 Å². The smallest absolute Gasteiger partial charge is 0.372 e. The first-order chi connectivity index (χ1) is 12.5. The number of hydrogen-bond donors (Lipinski definition) is 2. The molecule has 2 aliphatic heterocycles. The third kappa shape index (κ3) is 4.82. The molecule has 2 saturated heterocycles. The molecule has 1 amide bonds. The average Bonchev–Trinajstić information content (AvgIpc) is 2.96. The van der Waals surface area contributed by atoms with Gasteiger partial charge in [0.1, 0.15) is 0 Å². The van der Waals surface area contributed by atoms with Crippen LogP contribution >= 0.6 is 9.24 Å². The second-order valence-electron chi connectivity index (χ2n) is 7.92. The minimum atomic E-state index is -4.37. The summed E-state index contributed by atoms with van der Waals surface area (Å²) in [6.45, 7) is 4.45. The maximum Gasteiger partial charge on any atom is 0.416 e. The van der Waals surface area contributed by atoms with Gasteiger partial charge < -0.3 is 15.4 Å². The Morgan fingerprint density at radius 3 is 2.56 bits per heavy atom. The van der Waals surface area contributed by atoms with Crippen molar-refractivity contribution in [3.63, 3.8) is 0 Å². The van der Waals surface area contributed by atoms with Crippen LogP contribution in [0.25, 0.3) is 0 Å². The maximum absolute atomic E-state index is 13.0. The molecule has 3 rings (SSSR count). The number of hydrogen-bond acceptors (Lipinski definition) is 3. The fraction of sp³-hybridized carbons (Fsp3) is 0.632. The molecule has 1 spiro atoms. The Bertz CT molecular complexity index is 715. The summed E-state index contributed by atoms with van der Waals surface area (Å²) < 4.78 is 45.0. The number of benzene rings is 1. The number of piperidine rings is 1. The second-order valence-corrected chi connectivity index (χ2v) is 9.03. The molecule has 2 heterocycles. The summed E-state index contributed by atoms with van der Waals surface area (Å²) in [5.41, 5.74) is 0.265. The van der Waals surface area contributed by atoms with Gasteiger partial charge in [-0.3, -0.25) is 4.79 Å². The normalized spacial score (nSPS) is 29.8. The molecule has 0 saturated carbocycles. The minimum absolute atomic E-state index is 0.0952. The van der Waals surface area contributed by atoms with Crippen molar-refractivity contribution in [2.45, 2.75) is 62.6 Å². The molecule has 0 bridgehead atoms. The third-order valence-corrected chi connectivity index (χ3v) is 6.21. The van der Waals surface area contributed by atoms with Gasteiger partial charge in [-0.25, -0.2) is 0 Å². The first-order valence-electron chi connectivity index (χ1n) is 9.16. The predicted octanol–water partition coefficient (Wildman–Crippen LogP) is 3.70. The Labute approximate surface area is 159 Å². The molecular formula is C19H26F3N2O2P. The molecule has 2 fully saturated rings. The van der Waals surface area contributed by atoms with Crippen molar-refractivity contribution >= 4 is 15.1 Å². The molecule has 1 aromatic carbocycles. The largest absolute Gasteiger partial charge is 0.416 e. The van der Waals surface area contributed by atoms with E-state index in [4.69, 9.17) is 4.74 Å². The van der Waals surface area contributed by atoms with E-state index in [1.54, 1.807) is 19.9 Å². The van der Waals surface area contributed by atoms with Crippen LogP contribution in [0.4, 0.5) is 13.2 Å². The first-order valence-corrected chi connectivity index (χ1v) is 9.73. The number of alkyl halides is 3. The van der Waals surface area contributed by atoms with Crippen LogP contribution < -0.4 is 10.6 Å². The topological polar surface area (TPSA) is 50.4 Å². The number of nitrogens with one attached hydrogen (secondary N) is 2. The van der Waals surface area contributed by atoms with Gasteiger partial charge in [-0.1, -0.05) is 11.6 Å². The fourth-order valence-electron chi connectivity index (χ4n) is 3.78. The SMILES string of the molecule is Cc1cc([C@@H](C)OC[C@@]2(P)CC[C@@]3(CCC(=O)N3)CN2)cc(C(F)(F)F)c1. The molecule has 1 aromatic rings. The quantitative estimate of drug-likeness (QED) is 0.756. The van der Waals surface area contributed by atoms with Crippen LogP contribution in [0, 0.1) is 6.92 Å². The summed E-state index contributed by atoms with van der Waals surface area (Å²) in [7, 11) is 2.78. The fourth-order valence-corrected chi connectivity index (χ4v) is 4.12. The lowest BCUT2D eigenvalue weighted by Crippen LogP contribution is -2.60. The third-order valence-electron chi connectivity index (χ3n) is 5.55. The Morgan fingerprint density at radius 2 is 2.00 bits per heavy atom. The molecule has 8 heteroatoms. The molecule has 2 aliphatic rings. The van der Waals surface area contributed by atoms with Crippen molar-refractivity contribution in [3.05, 3.63) is 34.9 Å². The van der Waals surface area contributed by atoms with E-state index >= 15 is 0 Å². The van der Waals surface area contributed by atoms with E-state index < -0.39 is 17.8 Å². The Morgan fingerprint density at radius 1 is 1.26 bits per heavy atom. The maximum atomic E-state index is 13.0. The number of rotatable bonds is 4. The van der Waals surface area contributed by atoms with Gasteiger partial charge in [0.15, 0.2) is 0 Å². The zero-order valence-electron chi connectivity index (χ0n) is 15.6. The zero-order valence-corrected chi connectivity index (χ0v) is 16.7. The van der Waals surface area contributed by atoms with Crippen LogP contribution in [0.1, 0.15) is 55.4 Å². The molecule has 0 radical (unpaired) electrons. The molecule has 2 N–H and O–H groups in total. The van der Waals surface area contributed by atoms with Gasteiger partial charge in [-0.05, 0) is 50.8 Å². The Hall–Kier alpha value is -1.17. The summed E-state index contributed by atoms with van der Waals surface area (Å²) in [6.07, 6.45) is -1.77. The van der Waals surface area contributed by atoms with Gasteiger partial charge in [0.25, 0.3) is 0 Å². The molecule has 1 unspecified atom stereocenters. The van der Waals surface area contributed by atoms with Crippen molar-refractivity contribution in [2.75, 3.05) is 13.2 Å². The lowest BCUT2D eigenvalue weighted by atomic mass is 9.85. The molecule has 0 aliphatic carbocycles. The van der Waals surface area contributed by atoms with Gasteiger partial charge >= 0.3 is 6.18 Å². The number of carbonyl (C=O) groups excluding carboxylic acids is 1. The van der Waals surface area contributed by atoms with Crippen molar-refractivity contribution in [2.24, 2.45) is 0 Å². The van der Waals surface area contributed by atoms with E-state index in [-0.39, 0.29) is 16.7 Å². The molecule has 4 atom stereocenters. The van der Waals surface area contributed by atoms with E-state index in [2.05, 4.69) is 19.9 Å². The van der Waals surface area contributed by atoms with Crippen molar-refractivity contribution in [1.82, 2.24) is 10.6 Å². The van der Waals surface area contributed by atoms with Gasteiger partial charge in [-0.2, -0.15) is 13.2 Å². The van der Waals surface area contributed by atoms with E-state index in [0.717, 1.165) is 31.4 Å². The highest BCUT2D eigenvalue weighted by molar-refractivity contribution is 7.18. The Balaban J connectivity index is 1.60. The van der Waals surface area contributed by atoms with Crippen molar-refractivity contribution in [3.8, 4) is 0 Å². The van der Waals surface area contributed by atoms with Gasteiger partial charge in [0.05, 0.1) is 29.1 Å². The predicted molar refractivity (Wildman–Crippen MR) is 100 cm³/mol. The average molecular weight is 402 g/mol. The number of carbonyl (C=O) groups is 1. The molecule has 150 valence electrons. The highest BCUT2D eigenvalue weighted by atomic mass is 31.0. The number of halogens is 3. The lowest BCUT2D eigenvalue weighted by Gasteiger charge is -2.44. The monoisotopic (exact) mass is 402 g/mol. The summed E-state index contributed by atoms with van der Waals surface area (Å²) in [5, 5.41) is 6.17. The van der Waals surface area contributed by atoms with Gasteiger partial charge in [-0.15, -0.1) is 9.24 Å².